The molecular formula is C14H18FNO3. The molecule has 0 radical (unpaired) electrons. The molecule has 104 valence electrons. The molecule has 0 unspecified atom stereocenters. The van der Waals surface area contributed by atoms with Crippen LogP contribution in [0.3, 0.4) is 0 Å². The van der Waals surface area contributed by atoms with Gasteiger partial charge in [-0.25, -0.2) is 4.39 Å². The first kappa shape index (κ1) is 15.4. The lowest BCUT2D eigenvalue weighted by Crippen LogP contribution is -2.10. The predicted molar refractivity (Wildman–Crippen MR) is 70.5 cm³/mol. The number of rotatable bonds is 7. The van der Waals surface area contributed by atoms with Crippen molar-refractivity contribution in [3.63, 3.8) is 0 Å². The second-order valence-corrected chi connectivity index (χ2v) is 3.60. The molecule has 0 aliphatic rings. The van der Waals surface area contributed by atoms with Crippen LogP contribution in [0.1, 0.15) is 5.56 Å². The van der Waals surface area contributed by atoms with E-state index in [0.717, 1.165) is 0 Å². The molecule has 1 aromatic rings. The maximum absolute atomic E-state index is 13.1. The molecule has 0 fully saturated rings. The van der Waals surface area contributed by atoms with E-state index in [1.54, 1.807) is 13.2 Å². The summed E-state index contributed by atoms with van der Waals surface area (Å²) in [5.74, 6) is 5.58. The summed E-state index contributed by atoms with van der Waals surface area (Å²) in [6, 6.07) is 4.21. The first-order valence-corrected chi connectivity index (χ1v) is 5.96. The lowest BCUT2D eigenvalue weighted by Gasteiger charge is -2.09. The summed E-state index contributed by atoms with van der Waals surface area (Å²) in [6.07, 6.45) is 0. The number of benzene rings is 1. The third-order valence-corrected chi connectivity index (χ3v) is 2.19. The number of nitrogens with two attached hydrogens (primary N) is 1. The number of hydrogen-bond acceptors (Lipinski definition) is 4. The molecule has 0 atom stereocenters. The zero-order chi connectivity index (χ0) is 13.9. The van der Waals surface area contributed by atoms with E-state index in [0.29, 0.717) is 37.7 Å². The molecule has 19 heavy (non-hydrogen) atoms. The Kier molecular flexibility index (Phi) is 7.59. The molecule has 0 aromatic heterocycles. The standard InChI is InChI=1S/C14H18FNO3/c1-17-7-8-18-9-10-19-14-11-13(15)5-4-12(14)3-2-6-16/h4-5,11H,6-10,16H2,1H3. The Bertz CT molecular complexity index is 440. The fourth-order valence-electron chi connectivity index (χ4n) is 1.32. The maximum atomic E-state index is 13.1. The zero-order valence-electron chi connectivity index (χ0n) is 10.9. The Balaban J connectivity index is 2.49. The van der Waals surface area contributed by atoms with Crippen molar-refractivity contribution in [3.8, 4) is 17.6 Å². The van der Waals surface area contributed by atoms with E-state index in [1.807, 2.05) is 0 Å². The first-order chi connectivity index (χ1) is 9.27. The Labute approximate surface area is 112 Å². The predicted octanol–water partition coefficient (Wildman–Crippen LogP) is 1.18. The van der Waals surface area contributed by atoms with Gasteiger partial charge < -0.3 is 19.9 Å². The van der Waals surface area contributed by atoms with Crippen LogP contribution in [0.25, 0.3) is 0 Å². The van der Waals surface area contributed by atoms with E-state index in [-0.39, 0.29) is 12.4 Å². The molecule has 1 rings (SSSR count). The molecular weight excluding hydrogens is 249 g/mol. The molecule has 4 nitrogen and oxygen atoms in total. The summed E-state index contributed by atoms with van der Waals surface area (Å²) in [5, 5.41) is 0. The van der Waals surface area contributed by atoms with Gasteiger partial charge in [0, 0.05) is 13.2 Å². The minimum absolute atomic E-state index is 0.247. The van der Waals surface area contributed by atoms with Crippen molar-refractivity contribution in [2.75, 3.05) is 40.1 Å². The second-order valence-electron chi connectivity index (χ2n) is 3.60. The maximum Gasteiger partial charge on any atom is 0.137 e. The molecule has 0 bridgehead atoms. The lowest BCUT2D eigenvalue weighted by atomic mass is 10.2. The van der Waals surface area contributed by atoms with E-state index < -0.39 is 0 Å². The number of hydrogen-bond donors (Lipinski definition) is 1. The summed E-state index contributed by atoms with van der Waals surface area (Å²) in [7, 11) is 1.61. The number of ether oxygens (including phenoxy) is 3. The van der Waals surface area contributed by atoms with Crippen LogP contribution in [0.5, 0.6) is 5.75 Å². The van der Waals surface area contributed by atoms with Gasteiger partial charge in [0.15, 0.2) is 0 Å². The van der Waals surface area contributed by atoms with Crippen LogP contribution in [-0.2, 0) is 9.47 Å². The van der Waals surface area contributed by atoms with Crippen molar-refractivity contribution < 1.29 is 18.6 Å². The molecule has 0 aliphatic carbocycles. The fourth-order valence-corrected chi connectivity index (χ4v) is 1.32. The largest absolute Gasteiger partial charge is 0.490 e. The summed E-state index contributed by atoms with van der Waals surface area (Å²) in [6.45, 7) is 2.01. The van der Waals surface area contributed by atoms with Crippen molar-refractivity contribution in [1.29, 1.82) is 0 Å². The highest BCUT2D eigenvalue weighted by molar-refractivity contribution is 5.46. The van der Waals surface area contributed by atoms with Crippen molar-refractivity contribution >= 4 is 0 Å². The average Bonchev–Trinajstić information content (AvgIpc) is 2.42. The summed E-state index contributed by atoms with van der Waals surface area (Å²) in [4.78, 5) is 0. The van der Waals surface area contributed by atoms with Gasteiger partial charge in [0.25, 0.3) is 0 Å². The number of halogens is 1. The van der Waals surface area contributed by atoms with E-state index >= 15 is 0 Å². The second kappa shape index (κ2) is 9.34. The van der Waals surface area contributed by atoms with Crippen molar-refractivity contribution in [2.24, 2.45) is 5.73 Å². The Morgan fingerprint density at radius 3 is 2.74 bits per heavy atom. The third kappa shape index (κ3) is 6.20. The highest BCUT2D eigenvalue weighted by atomic mass is 19.1. The van der Waals surface area contributed by atoms with Crippen molar-refractivity contribution in [1.82, 2.24) is 0 Å². The SMILES string of the molecule is COCCOCCOc1cc(F)ccc1C#CCN. The molecule has 0 heterocycles. The van der Waals surface area contributed by atoms with Crippen molar-refractivity contribution in [2.45, 2.75) is 0 Å². The monoisotopic (exact) mass is 267 g/mol. The van der Waals surface area contributed by atoms with Crippen molar-refractivity contribution in [3.05, 3.63) is 29.6 Å². The molecule has 1 aromatic carbocycles. The van der Waals surface area contributed by atoms with Crippen LogP contribution in [0.4, 0.5) is 4.39 Å². The summed E-state index contributed by atoms with van der Waals surface area (Å²) >= 11 is 0. The normalized spacial score (nSPS) is 9.84. The molecule has 0 saturated heterocycles. The highest BCUT2D eigenvalue weighted by Gasteiger charge is 2.03. The highest BCUT2D eigenvalue weighted by Crippen LogP contribution is 2.18. The molecule has 0 saturated carbocycles. The van der Waals surface area contributed by atoms with Crippen LogP contribution in [0.2, 0.25) is 0 Å². The Hall–Kier alpha value is -1.61. The summed E-state index contributed by atoms with van der Waals surface area (Å²) in [5.41, 5.74) is 5.92. The van der Waals surface area contributed by atoms with E-state index in [1.165, 1.54) is 12.1 Å². The topological polar surface area (TPSA) is 53.7 Å². The van der Waals surface area contributed by atoms with Gasteiger partial charge in [-0.05, 0) is 12.1 Å². The smallest absolute Gasteiger partial charge is 0.137 e. The van der Waals surface area contributed by atoms with Crippen LogP contribution >= 0.6 is 0 Å². The minimum atomic E-state index is -0.367. The molecule has 2 N–H and O–H groups in total. The van der Waals surface area contributed by atoms with Gasteiger partial charge in [0.2, 0.25) is 0 Å². The van der Waals surface area contributed by atoms with Crippen LogP contribution < -0.4 is 10.5 Å². The van der Waals surface area contributed by atoms with Gasteiger partial charge >= 0.3 is 0 Å². The quantitative estimate of drug-likeness (QED) is 0.595. The summed E-state index contributed by atoms with van der Waals surface area (Å²) < 4.78 is 28.7. The van der Waals surface area contributed by atoms with E-state index in [4.69, 9.17) is 19.9 Å². The third-order valence-electron chi connectivity index (χ3n) is 2.19. The number of methoxy groups -OCH3 is 1. The zero-order valence-corrected chi connectivity index (χ0v) is 10.9. The van der Waals surface area contributed by atoms with Crippen LogP contribution in [0, 0.1) is 17.7 Å². The molecule has 5 heteroatoms. The fraction of sp³-hybridized carbons (Fsp3) is 0.429. The first-order valence-electron chi connectivity index (χ1n) is 5.96. The Morgan fingerprint density at radius 1 is 1.21 bits per heavy atom. The van der Waals surface area contributed by atoms with E-state index in [2.05, 4.69) is 11.8 Å². The van der Waals surface area contributed by atoms with Crippen LogP contribution in [-0.4, -0.2) is 40.1 Å². The molecule has 0 aliphatic heterocycles. The van der Waals surface area contributed by atoms with Gasteiger partial charge in [-0.15, -0.1) is 0 Å². The van der Waals surface area contributed by atoms with Gasteiger partial charge in [-0.1, -0.05) is 11.8 Å². The van der Waals surface area contributed by atoms with Crippen LogP contribution in [0.15, 0.2) is 18.2 Å². The van der Waals surface area contributed by atoms with Gasteiger partial charge in [0.05, 0.1) is 31.9 Å². The minimum Gasteiger partial charge on any atom is -0.490 e. The average molecular weight is 267 g/mol. The van der Waals surface area contributed by atoms with Gasteiger partial charge in [-0.3, -0.25) is 0 Å². The van der Waals surface area contributed by atoms with E-state index in [9.17, 15) is 4.39 Å². The van der Waals surface area contributed by atoms with Gasteiger partial charge in [0.1, 0.15) is 18.2 Å². The lowest BCUT2D eigenvalue weighted by molar-refractivity contribution is 0.0543. The van der Waals surface area contributed by atoms with Gasteiger partial charge in [-0.2, -0.15) is 0 Å². The molecule has 0 amide bonds. The molecule has 0 spiro atoms. The Morgan fingerprint density at radius 2 is 2.00 bits per heavy atom.